The number of nitrogens with zero attached hydrogens (tertiary/aromatic N) is 1. The molecule has 182 valence electrons. The Hall–Kier alpha value is -2.77. The van der Waals surface area contributed by atoms with Gasteiger partial charge in [0, 0.05) is 0 Å². The second-order valence-electron chi connectivity index (χ2n) is 10.0. The zero-order valence-electron chi connectivity index (χ0n) is 19.7. The number of anilines is 1. The van der Waals surface area contributed by atoms with Crippen LogP contribution in [0.2, 0.25) is 0 Å². The van der Waals surface area contributed by atoms with E-state index in [4.69, 9.17) is 4.74 Å². The van der Waals surface area contributed by atoms with Crippen LogP contribution >= 0.6 is 31.9 Å². The van der Waals surface area contributed by atoms with Crippen LogP contribution in [-0.2, 0) is 23.0 Å². The van der Waals surface area contributed by atoms with Gasteiger partial charge in [-0.15, -0.1) is 0 Å². The van der Waals surface area contributed by atoms with Gasteiger partial charge in [0.1, 0.15) is 0 Å². The lowest BCUT2D eigenvalue weighted by Gasteiger charge is -2.55. The van der Waals surface area contributed by atoms with Crippen LogP contribution in [0.25, 0.3) is 0 Å². The van der Waals surface area contributed by atoms with Gasteiger partial charge in [-0.2, -0.15) is 0 Å². The van der Waals surface area contributed by atoms with Gasteiger partial charge < -0.3 is 4.74 Å². The standard InChI is InChI=1S/C29H23Br2NO4/c1-16(2)15-36-27(35)17-8-7-9-18(14-17)32-25(33)23-24(26(32)34)29(31)20-11-4-3-10-19(20)28(23,30)21-12-5-6-13-22(21)29/h3-14,16,23-24H,15H2,1-2H3. The summed E-state index contributed by atoms with van der Waals surface area (Å²) < 4.78 is 3.67. The minimum absolute atomic E-state index is 0.200. The maximum absolute atomic E-state index is 14.1. The highest BCUT2D eigenvalue weighted by molar-refractivity contribution is 9.10. The second kappa shape index (κ2) is 8.12. The normalized spacial score (nSPS) is 27.6. The van der Waals surface area contributed by atoms with Crippen molar-refractivity contribution in [2.24, 2.45) is 17.8 Å². The van der Waals surface area contributed by atoms with Gasteiger partial charge in [0.05, 0.1) is 38.3 Å². The third kappa shape index (κ3) is 2.96. The van der Waals surface area contributed by atoms with Crippen molar-refractivity contribution in [2.45, 2.75) is 22.5 Å². The van der Waals surface area contributed by atoms with Crippen molar-refractivity contribution in [1.29, 1.82) is 0 Å². The second-order valence-corrected chi connectivity index (χ2v) is 12.5. The van der Waals surface area contributed by atoms with Crippen LogP contribution in [0.5, 0.6) is 0 Å². The largest absolute Gasteiger partial charge is 0.462 e. The smallest absolute Gasteiger partial charge is 0.338 e. The Morgan fingerprint density at radius 2 is 1.31 bits per heavy atom. The van der Waals surface area contributed by atoms with Crippen LogP contribution in [-0.4, -0.2) is 24.4 Å². The maximum Gasteiger partial charge on any atom is 0.338 e. The van der Waals surface area contributed by atoms with Crippen molar-refractivity contribution in [2.75, 3.05) is 11.5 Å². The lowest BCUT2D eigenvalue weighted by atomic mass is 9.54. The molecule has 36 heavy (non-hydrogen) atoms. The number of rotatable bonds is 4. The summed E-state index contributed by atoms with van der Waals surface area (Å²) in [5.74, 6) is -2.18. The van der Waals surface area contributed by atoms with Crippen molar-refractivity contribution in [3.05, 3.63) is 101 Å². The van der Waals surface area contributed by atoms with Crippen LogP contribution < -0.4 is 4.90 Å². The molecule has 1 fully saturated rings. The van der Waals surface area contributed by atoms with Crippen LogP contribution in [0.3, 0.4) is 0 Å². The summed E-state index contributed by atoms with van der Waals surface area (Å²) in [6.45, 7) is 4.22. The molecule has 5 nitrogen and oxygen atoms in total. The number of esters is 1. The Labute approximate surface area is 226 Å². The van der Waals surface area contributed by atoms with Crippen LogP contribution in [0.15, 0.2) is 72.8 Å². The highest BCUT2D eigenvalue weighted by atomic mass is 79.9. The summed E-state index contributed by atoms with van der Waals surface area (Å²) in [7, 11) is 0. The average molecular weight is 609 g/mol. The van der Waals surface area contributed by atoms with E-state index in [-0.39, 0.29) is 17.7 Å². The molecule has 1 heterocycles. The van der Waals surface area contributed by atoms with Crippen LogP contribution in [0.1, 0.15) is 46.5 Å². The Bertz CT molecular complexity index is 1330. The highest BCUT2D eigenvalue weighted by Gasteiger charge is 2.72. The zero-order chi connectivity index (χ0) is 25.4. The molecule has 0 spiro atoms. The highest BCUT2D eigenvalue weighted by Crippen LogP contribution is 2.70. The molecule has 7 heteroatoms. The summed E-state index contributed by atoms with van der Waals surface area (Å²) in [6, 6.07) is 22.5. The minimum atomic E-state index is -0.852. The molecule has 3 aliphatic carbocycles. The van der Waals surface area contributed by atoms with Crippen molar-refractivity contribution < 1.29 is 19.1 Å². The summed E-state index contributed by atoms with van der Waals surface area (Å²) in [6.07, 6.45) is 0. The van der Waals surface area contributed by atoms with E-state index in [0.717, 1.165) is 22.3 Å². The minimum Gasteiger partial charge on any atom is -0.462 e. The molecule has 0 radical (unpaired) electrons. The van der Waals surface area contributed by atoms with E-state index in [2.05, 4.69) is 31.9 Å². The summed E-state index contributed by atoms with van der Waals surface area (Å²) in [5.41, 5.74) is 4.61. The summed E-state index contributed by atoms with van der Waals surface area (Å²) >= 11 is 8.01. The van der Waals surface area contributed by atoms with Gasteiger partial charge in [-0.3, -0.25) is 9.59 Å². The topological polar surface area (TPSA) is 63.7 Å². The number of ether oxygens (including phenoxy) is 1. The Balaban J connectivity index is 1.49. The van der Waals surface area contributed by atoms with Crippen molar-refractivity contribution in [1.82, 2.24) is 0 Å². The molecule has 0 aromatic heterocycles. The number of carbonyl (C=O) groups is 3. The molecule has 0 N–H and O–H groups in total. The SMILES string of the molecule is CC(C)COC(=O)c1cccc(N2C(=O)C3C(C2=O)C2(Br)c4ccccc4C3(Br)c3ccccc32)c1. The van der Waals surface area contributed by atoms with Crippen LogP contribution in [0.4, 0.5) is 5.69 Å². The lowest BCUT2D eigenvalue weighted by molar-refractivity contribution is -0.122. The van der Waals surface area contributed by atoms with E-state index in [1.165, 1.54) is 4.90 Å². The van der Waals surface area contributed by atoms with Crippen molar-refractivity contribution in [3.63, 3.8) is 0 Å². The number of benzene rings is 3. The van der Waals surface area contributed by atoms with Gasteiger partial charge in [-0.25, -0.2) is 9.69 Å². The molecular formula is C29H23Br2NO4. The van der Waals surface area contributed by atoms with Gasteiger partial charge in [-0.05, 0) is 46.4 Å². The maximum atomic E-state index is 14.1. The third-order valence-corrected chi connectivity index (χ3v) is 10.2. The van der Waals surface area contributed by atoms with E-state index in [1.54, 1.807) is 24.3 Å². The van der Waals surface area contributed by atoms with Gasteiger partial charge in [-0.1, -0.05) is 100 Å². The Morgan fingerprint density at radius 1 is 0.833 bits per heavy atom. The first-order valence-corrected chi connectivity index (χ1v) is 13.5. The molecule has 2 bridgehead atoms. The first-order chi connectivity index (χ1) is 17.2. The molecule has 4 aliphatic rings. The Morgan fingerprint density at radius 3 is 1.75 bits per heavy atom. The number of carbonyl (C=O) groups excluding carboxylic acids is 3. The Kier molecular flexibility index (Phi) is 5.33. The first-order valence-electron chi connectivity index (χ1n) is 11.9. The molecule has 3 aromatic carbocycles. The van der Waals surface area contributed by atoms with E-state index in [9.17, 15) is 14.4 Å². The monoisotopic (exact) mass is 607 g/mol. The van der Waals surface area contributed by atoms with Gasteiger partial charge in [0.2, 0.25) is 11.8 Å². The van der Waals surface area contributed by atoms with Gasteiger partial charge in [0.15, 0.2) is 0 Å². The molecule has 0 saturated carbocycles. The number of hydrogen-bond acceptors (Lipinski definition) is 4. The van der Waals surface area contributed by atoms with Gasteiger partial charge in [0.25, 0.3) is 0 Å². The molecule has 7 rings (SSSR count). The third-order valence-electron chi connectivity index (χ3n) is 7.47. The predicted octanol–water partition coefficient (Wildman–Crippen LogP) is 5.91. The predicted molar refractivity (Wildman–Crippen MR) is 143 cm³/mol. The molecule has 3 aromatic rings. The fraction of sp³-hybridized carbons (Fsp3) is 0.276. The fourth-order valence-electron chi connectivity index (χ4n) is 6.02. The van der Waals surface area contributed by atoms with E-state index in [1.807, 2.05) is 62.4 Å². The summed E-state index contributed by atoms with van der Waals surface area (Å²) in [4.78, 5) is 42.2. The summed E-state index contributed by atoms with van der Waals surface area (Å²) in [5, 5.41) is 0. The number of halogens is 2. The zero-order valence-corrected chi connectivity index (χ0v) is 22.9. The van der Waals surface area contributed by atoms with Crippen molar-refractivity contribution >= 4 is 55.3 Å². The number of amides is 2. The number of hydrogen-bond donors (Lipinski definition) is 0. The average Bonchev–Trinajstić information content (AvgIpc) is 3.16. The molecule has 2 atom stereocenters. The van der Waals surface area contributed by atoms with Gasteiger partial charge >= 0.3 is 5.97 Å². The number of imide groups is 1. The molecule has 2 amide bonds. The fourth-order valence-corrected chi connectivity index (χ4v) is 8.32. The van der Waals surface area contributed by atoms with E-state index < -0.39 is 26.5 Å². The van der Waals surface area contributed by atoms with E-state index in [0.29, 0.717) is 17.9 Å². The quantitative estimate of drug-likeness (QED) is 0.210. The lowest BCUT2D eigenvalue weighted by Crippen LogP contribution is -2.56. The molecule has 2 unspecified atom stereocenters. The molecule has 1 saturated heterocycles. The number of alkyl halides is 2. The molecule has 1 aliphatic heterocycles. The first kappa shape index (κ1) is 23.6. The van der Waals surface area contributed by atoms with Crippen molar-refractivity contribution in [3.8, 4) is 0 Å². The van der Waals surface area contributed by atoms with Crippen LogP contribution in [0, 0.1) is 17.8 Å². The van der Waals surface area contributed by atoms with E-state index >= 15 is 0 Å². The molecular weight excluding hydrogens is 586 g/mol.